The highest BCUT2D eigenvalue weighted by atomic mass is 16.5. The molecule has 4 heteroatoms. The quantitative estimate of drug-likeness (QED) is 0.159. The van der Waals surface area contributed by atoms with Gasteiger partial charge in [-0.1, -0.05) is 152 Å². The number of hydrogen-bond donors (Lipinski definition) is 0. The van der Waals surface area contributed by atoms with Gasteiger partial charge in [0.1, 0.15) is 11.5 Å². The van der Waals surface area contributed by atoms with Crippen LogP contribution < -0.4 is 9.64 Å². The van der Waals surface area contributed by atoms with Crippen LogP contribution in [0.15, 0.2) is 261 Å². The van der Waals surface area contributed by atoms with E-state index in [4.69, 9.17) is 4.74 Å². The summed E-state index contributed by atoms with van der Waals surface area (Å²) in [7, 11) is 0. The van der Waals surface area contributed by atoms with Gasteiger partial charge < -0.3 is 18.8 Å². The summed E-state index contributed by atoms with van der Waals surface area (Å²) in [4.78, 5) is 2.38. The first-order valence-corrected chi connectivity index (χ1v) is 23.9. The lowest BCUT2D eigenvalue weighted by Gasteiger charge is -2.27. The molecule has 0 bridgehead atoms. The zero-order valence-electron chi connectivity index (χ0n) is 38.1. The SMILES string of the molecule is c1ccc(-n2c3ccccc3c3cc(-c4ccc(N(c5ccc(-c6ccc7c(c6)c6ccccc6n7-c6ccccc6)cc5)c5ccc6c(c5)-c5ccccc5Oc5ccccc5-6)cc4)ccc32)cc1. The fourth-order valence-corrected chi connectivity index (χ4v) is 10.9. The number of rotatable bonds is 7. The van der Waals surface area contributed by atoms with E-state index in [2.05, 4.69) is 263 Å². The van der Waals surface area contributed by atoms with E-state index in [1.165, 1.54) is 54.7 Å². The molecule has 0 amide bonds. The van der Waals surface area contributed by atoms with Crippen molar-refractivity contribution in [1.82, 2.24) is 9.13 Å². The molecule has 0 radical (unpaired) electrons. The Morgan fingerprint density at radius 3 is 1.17 bits per heavy atom. The van der Waals surface area contributed by atoms with Crippen LogP contribution in [0.5, 0.6) is 11.5 Å². The van der Waals surface area contributed by atoms with Gasteiger partial charge in [0.2, 0.25) is 0 Å². The highest BCUT2D eigenvalue weighted by Gasteiger charge is 2.23. The van der Waals surface area contributed by atoms with Crippen LogP contribution in [0.2, 0.25) is 0 Å². The summed E-state index contributed by atoms with van der Waals surface area (Å²) in [6, 6.07) is 94.1. The summed E-state index contributed by atoms with van der Waals surface area (Å²) in [5.41, 5.74) is 19.4. The number of ether oxygens (including phenoxy) is 1. The highest BCUT2D eigenvalue weighted by molar-refractivity contribution is 6.11. The van der Waals surface area contributed by atoms with E-state index < -0.39 is 0 Å². The van der Waals surface area contributed by atoms with Crippen LogP contribution in [0, 0.1) is 0 Å². The maximum atomic E-state index is 6.60. The molecule has 14 rings (SSSR count). The monoisotopic (exact) mass is 893 g/mol. The molecular weight excluding hydrogens is 851 g/mol. The van der Waals surface area contributed by atoms with Crippen molar-refractivity contribution >= 4 is 60.7 Å². The van der Waals surface area contributed by atoms with Crippen LogP contribution in [0.1, 0.15) is 0 Å². The summed E-state index contributed by atoms with van der Waals surface area (Å²) in [5, 5.41) is 4.96. The van der Waals surface area contributed by atoms with E-state index in [0.29, 0.717) is 0 Å². The van der Waals surface area contributed by atoms with Gasteiger partial charge >= 0.3 is 0 Å². The molecule has 4 nitrogen and oxygen atoms in total. The Morgan fingerprint density at radius 1 is 0.257 bits per heavy atom. The number of aromatic nitrogens is 2. The van der Waals surface area contributed by atoms with E-state index in [-0.39, 0.29) is 0 Å². The third kappa shape index (κ3) is 6.46. The second kappa shape index (κ2) is 16.2. The summed E-state index contributed by atoms with van der Waals surface area (Å²) < 4.78 is 11.3. The molecule has 11 aromatic carbocycles. The Balaban J connectivity index is 0.886. The molecule has 0 aliphatic carbocycles. The third-order valence-corrected chi connectivity index (χ3v) is 14.1. The number of hydrogen-bond acceptors (Lipinski definition) is 2. The van der Waals surface area contributed by atoms with Crippen molar-refractivity contribution in [1.29, 1.82) is 0 Å². The molecule has 0 fully saturated rings. The first-order valence-electron chi connectivity index (χ1n) is 23.9. The van der Waals surface area contributed by atoms with Crippen molar-refractivity contribution in [3.8, 4) is 67.4 Å². The number of fused-ring (bicyclic) bond motifs is 11. The molecule has 0 saturated carbocycles. The lowest BCUT2D eigenvalue weighted by Crippen LogP contribution is -2.10. The Kier molecular flexibility index (Phi) is 9.17. The van der Waals surface area contributed by atoms with Gasteiger partial charge in [-0.25, -0.2) is 0 Å². The van der Waals surface area contributed by atoms with E-state index in [0.717, 1.165) is 73.3 Å². The van der Waals surface area contributed by atoms with Gasteiger partial charge in [0.25, 0.3) is 0 Å². The van der Waals surface area contributed by atoms with Crippen LogP contribution in [-0.2, 0) is 0 Å². The molecule has 0 N–H and O–H groups in total. The maximum Gasteiger partial charge on any atom is 0.135 e. The van der Waals surface area contributed by atoms with Crippen LogP contribution >= 0.6 is 0 Å². The predicted molar refractivity (Wildman–Crippen MR) is 292 cm³/mol. The number of anilines is 3. The van der Waals surface area contributed by atoms with E-state index in [1.54, 1.807) is 0 Å². The normalized spacial score (nSPS) is 11.8. The van der Waals surface area contributed by atoms with Crippen molar-refractivity contribution < 1.29 is 4.74 Å². The molecule has 2 aromatic heterocycles. The molecule has 1 aliphatic heterocycles. The average molecular weight is 894 g/mol. The first-order chi connectivity index (χ1) is 34.7. The van der Waals surface area contributed by atoms with Crippen molar-refractivity contribution in [2.45, 2.75) is 0 Å². The topological polar surface area (TPSA) is 22.3 Å². The second-order valence-corrected chi connectivity index (χ2v) is 18.1. The summed E-state index contributed by atoms with van der Waals surface area (Å²) in [6.07, 6.45) is 0. The lowest BCUT2D eigenvalue weighted by molar-refractivity contribution is 0.488. The lowest BCUT2D eigenvalue weighted by atomic mass is 9.93. The van der Waals surface area contributed by atoms with Gasteiger partial charge in [-0.05, 0) is 143 Å². The van der Waals surface area contributed by atoms with Crippen molar-refractivity contribution in [3.63, 3.8) is 0 Å². The van der Waals surface area contributed by atoms with Crippen LogP contribution in [0.3, 0.4) is 0 Å². The smallest absolute Gasteiger partial charge is 0.135 e. The molecule has 3 heterocycles. The zero-order valence-corrected chi connectivity index (χ0v) is 38.1. The van der Waals surface area contributed by atoms with Crippen LogP contribution in [0.4, 0.5) is 17.1 Å². The molecular formula is C66H43N3O. The maximum absolute atomic E-state index is 6.60. The van der Waals surface area contributed by atoms with Crippen LogP contribution in [0.25, 0.3) is 99.5 Å². The van der Waals surface area contributed by atoms with Gasteiger partial charge in [-0.3, -0.25) is 0 Å². The van der Waals surface area contributed by atoms with Crippen molar-refractivity contribution in [3.05, 3.63) is 261 Å². The minimum absolute atomic E-state index is 0.846. The first kappa shape index (κ1) is 39.8. The fourth-order valence-electron chi connectivity index (χ4n) is 10.9. The van der Waals surface area contributed by atoms with E-state index >= 15 is 0 Å². The number of nitrogens with zero attached hydrogens (tertiary/aromatic N) is 3. The van der Waals surface area contributed by atoms with E-state index in [1.807, 2.05) is 12.1 Å². The predicted octanol–water partition coefficient (Wildman–Crippen LogP) is 18.1. The molecule has 0 saturated heterocycles. The molecule has 0 atom stereocenters. The third-order valence-electron chi connectivity index (χ3n) is 14.1. The fraction of sp³-hybridized carbons (Fsp3) is 0. The standard InChI is InChI=1S/C66H43N3O/c1-3-15-48(16-4-1)68-61-23-11-7-19-54(61)59-41-46(31-39-63(59)68)44-27-33-50(34-28-44)67(52-37-38-53-56-21-9-13-25-65(56)70-66-26-14-10-22-57(66)58(53)43-52)51-35-29-45(30-36-51)47-32-40-64-60(42-47)55-20-8-12-24-62(55)69(64)49-17-5-2-6-18-49/h1-43H. The molecule has 1 aliphatic rings. The van der Waals surface area contributed by atoms with Gasteiger partial charge in [0.05, 0.1) is 22.1 Å². The summed E-state index contributed by atoms with van der Waals surface area (Å²) in [5.74, 6) is 1.70. The van der Waals surface area contributed by atoms with E-state index in [9.17, 15) is 0 Å². The second-order valence-electron chi connectivity index (χ2n) is 18.1. The Labute approximate surface area is 405 Å². The van der Waals surface area contributed by atoms with Gasteiger partial charge in [0.15, 0.2) is 0 Å². The van der Waals surface area contributed by atoms with Gasteiger partial charge in [-0.15, -0.1) is 0 Å². The van der Waals surface area contributed by atoms with Crippen molar-refractivity contribution in [2.24, 2.45) is 0 Å². The minimum Gasteiger partial charge on any atom is -0.456 e. The van der Waals surface area contributed by atoms with Crippen LogP contribution in [-0.4, -0.2) is 9.13 Å². The Bertz CT molecular complexity index is 3930. The zero-order chi connectivity index (χ0) is 46.1. The van der Waals surface area contributed by atoms with Gasteiger partial charge in [-0.2, -0.15) is 0 Å². The molecule has 328 valence electrons. The summed E-state index contributed by atoms with van der Waals surface area (Å²) >= 11 is 0. The summed E-state index contributed by atoms with van der Waals surface area (Å²) in [6.45, 7) is 0. The Morgan fingerprint density at radius 2 is 0.657 bits per heavy atom. The van der Waals surface area contributed by atoms with Crippen molar-refractivity contribution in [2.75, 3.05) is 4.90 Å². The van der Waals surface area contributed by atoms with Gasteiger partial charge in [0, 0.05) is 61.1 Å². The number of para-hydroxylation sites is 6. The Hall–Kier alpha value is -9.38. The highest BCUT2D eigenvalue weighted by Crippen LogP contribution is 2.49. The largest absolute Gasteiger partial charge is 0.456 e. The average Bonchev–Trinajstić information content (AvgIpc) is 3.89. The molecule has 70 heavy (non-hydrogen) atoms. The molecule has 0 unspecified atom stereocenters. The number of benzene rings is 11. The minimum atomic E-state index is 0.846. The molecule has 13 aromatic rings. The molecule has 0 spiro atoms.